The topological polar surface area (TPSA) is 73.2 Å². The fourth-order valence-electron chi connectivity index (χ4n) is 3.07. The Kier molecular flexibility index (Phi) is 22.2. The molecule has 41 heavy (non-hydrogen) atoms. The maximum absolute atomic E-state index is 13.3. The van der Waals surface area contributed by atoms with Gasteiger partial charge in [0, 0.05) is 16.8 Å². The van der Waals surface area contributed by atoms with Crippen molar-refractivity contribution in [1.29, 1.82) is 0 Å². The molecule has 0 aromatic heterocycles. The van der Waals surface area contributed by atoms with Crippen LogP contribution in [0.15, 0.2) is 60.7 Å². The molecule has 0 aliphatic heterocycles. The number of aromatic hydroxyl groups is 1. The Hall–Kier alpha value is -1.70. The largest absolute Gasteiger partial charge is 0.508 e. The van der Waals surface area contributed by atoms with Crippen LogP contribution in [0, 0.1) is 0 Å². The maximum atomic E-state index is 13.3. The normalized spacial score (nSPS) is 14.1. The van der Waals surface area contributed by atoms with Gasteiger partial charge in [0.1, 0.15) is 23.3 Å². The van der Waals surface area contributed by atoms with Crippen molar-refractivity contribution in [1.82, 2.24) is 4.90 Å². The van der Waals surface area contributed by atoms with Gasteiger partial charge in [-0.15, -0.1) is 0 Å². The maximum Gasteiger partial charge on any atom is 0.422 e. The van der Waals surface area contributed by atoms with Crippen molar-refractivity contribution in [2.75, 3.05) is 32.8 Å². The first-order valence-electron chi connectivity index (χ1n) is 13.4. The molecule has 2 rings (SSSR count). The van der Waals surface area contributed by atoms with E-state index < -0.39 is 40.6 Å². The molecule has 0 radical (unpaired) electrons. The lowest BCUT2D eigenvalue weighted by molar-refractivity contribution is -0.225. The van der Waals surface area contributed by atoms with Crippen LogP contribution in [-0.2, 0) is 0 Å². The Morgan fingerprint density at radius 2 is 1.20 bits per heavy atom. The van der Waals surface area contributed by atoms with Gasteiger partial charge in [-0.1, -0.05) is 79.8 Å². The number of benzene rings is 2. The number of hydrogen-bond donors (Lipinski definition) is 3. The SMILES string of the molecule is CC(C)(F)CC(CO)Oc1ccccc1.CC(F)(CC(I)CO)C(F)(F)F.CCN(CC)CC.Oc1ccccc1. The average Bonchev–Trinajstić information content (AvgIpc) is 2.90. The second kappa shape index (κ2) is 21.9. The van der Waals surface area contributed by atoms with E-state index in [-0.39, 0.29) is 13.0 Å². The first kappa shape index (κ1) is 41.4. The second-order valence-corrected chi connectivity index (χ2v) is 11.6. The number of aliphatic hydroxyl groups excluding tert-OH is 2. The Bertz CT molecular complexity index is 859. The average molecular weight is 708 g/mol. The molecule has 3 atom stereocenters. The van der Waals surface area contributed by atoms with E-state index in [0.29, 0.717) is 18.4 Å². The number of nitrogens with zero attached hydrogens (tertiary/aromatic N) is 1. The molecule has 0 saturated heterocycles. The molecule has 2 aromatic carbocycles. The molecular formula is C30H47F5INO4. The molecule has 3 N–H and O–H groups in total. The number of phenols is 1. The number of halogens is 6. The lowest BCUT2D eigenvalue weighted by atomic mass is 10.0. The van der Waals surface area contributed by atoms with Crippen LogP contribution >= 0.6 is 22.6 Å². The van der Waals surface area contributed by atoms with Crippen LogP contribution in [0.1, 0.15) is 54.4 Å². The standard InChI is InChI=1S/C12H17FO2.C6H9F4IO.C6H15N.C6H6O/c1-12(2,13)8-11(9-14)15-10-6-4-3-5-7-10;1-5(7,6(8,9)10)2-4(11)3-12;1-4-7(5-2)6-3;7-6-4-2-1-3-5-6/h3-7,11,14H,8-9H2,1-2H3;4,12H,2-3H2,1H3;4-6H2,1-3H3;1-5,7H. The summed E-state index contributed by atoms with van der Waals surface area (Å²) in [5.41, 5.74) is -4.54. The van der Waals surface area contributed by atoms with Crippen LogP contribution in [0.3, 0.4) is 0 Å². The molecule has 0 saturated carbocycles. The van der Waals surface area contributed by atoms with Crippen molar-refractivity contribution in [2.45, 2.75) is 81.9 Å². The summed E-state index contributed by atoms with van der Waals surface area (Å²) in [7, 11) is 0. The molecule has 0 spiro atoms. The number of phenolic OH excluding ortho intramolecular Hbond substituents is 1. The summed E-state index contributed by atoms with van der Waals surface area (Å²) in [6.07, 6.45) is -5.88. The Labute approximate surface area is 255 Å². The van der Waals surface area contributed by atoms with Crippen LogP contribution in [0.5, 0.6) is 11.5 Å². The minimum atomic E-state index is -4.86. The predicted molar refractivity (Wildman–Crippen MR) is 164 cm³/mol. The van der Waals surface area contributed by atoms with E-state index in [0.717, 1.165) is 0 Å². The van der Waals surface area contributed by atoms with Gasteiger partial charge in [-0.05, 0) is 64.7 Å². The van der Waals surface area contributed by atoms with Crippen molar-refractivity contribution in [3.8, 4) is 11.5 Å². The molecule has 238 valence electrons. The molecule has 5 nitrogen and oxygen atoms in total. The molecule has 3 unspecified atom stereocenters. The summed E-state index contributed by atoms with van der Waals surface area (Å²) in [4.78, 5) is 2.38. The summed E-state index contributed by atoms with van der Waals surface area (Å²) in [5.74, 6) is 0.975. The summed E-state index contributed by atoms with van der Waals surface area (Å²) >= 11 is 1.58. The smallest absolute Gasteiger partial charge is 0.422 e. The quantitative estimate of drug-likeness (QED) is 0.127. The van der Waals surface area contributed by atoms with E-state index in [4.69, 9.17) is 20.1 Å². The van der Waals surface area contributed by atoms with Crippen LogP contribution in [0.2, 0.25) is 0 Å². The minimum Gasteiger partial charge on any atom is -0.508 e. The van der Waals surface area contributed by atoms with Gasteiger partial charge in [-0.3, -0.25) is 0 Å². The van der Waals surface area contributed by atoms with Crippen LogP contribution < -0.4 is 4.74 Å². The zero-order valence-electron chi connectivity index (χ0n) is 24.8. The fourth-order valence-corrected chi connectivity index (χ4v) is 3.90. The van der Waals surface area contributed by atoms with Gasteiger partial charge in [-0.2, -0.15) is 13.2 Å². The van der Waals surface area contributed by atoms with E-state index >= 15 is 0 Å². The van der Waals surface area contributed by atoms with Crippen molar-refractivity contribution < 1.29 is 42.0 Å². The zero-order chi connectivity index (χ0) is 32.1. The van der Waals surface area contributed by atoms with Gasteiger partial charge in [-0.25, -0.2) is 8.78 Å². The predicted octanol–water partition coefficient (Wildman–Crippen LogP) is 7.77. The van der Waals surface area contributed by atoms with E-state index in [9.17, 15) is 22.0 Å². The number of ether oxygens (including phenoxy) is 1. The van der Waals surface area contributed by atoms with E-state index in [1.54, 1.807) is 59.0 Å². The fraction of sp³-hybridized carbons (Fsp3) is 0.600. The Balaban J connectivity index is 0. The molecule has 0 aliphatic carbocycles. The number of rotatable bonds is 11. The number of hydrogen-bond acceptors (Lipinski definition) is 5. The van der Waals surface area contributed by atoms with E-state index in [2.05, 4.69) is 25.7 Å². The molecule has 0 amide bonds. The molecule has 0 aliphatic rings. The van der Waals surface area contributed by atoms with Gasteiger partial charge in [0.25, 0.3) is 0 Å². The Morgan fingerprint density at radius 3 is 1.46 bits per heavy atom. The van der Waals surface area contributed by atoms with E-state index in [1.165, 1.54) is 33.5 Å². The molecule has 0 heterocycles. The van der Waals surface area contributed by atoms with Crippen LogP contribution in [-0.4, -0.2) is 80.6 Å². The third kappa shape index (κ3) is 22.6. The Morgan fingerprint density at radius 1 is 0.756 bits per heavy atom. The minimum absolute atomic E-state index is 0.178. The summed E-state index contributed by atoms with van der Waals surface area (Å²) < 4.78 is 66.5. The highest BCUT2D eigenvalue weighted by molar-refractivity contribution is 14.1. The summed E-state index contributed by atoms with van der Waals surface area (Å²) in [5, 5.41) is 26.1. The molecular weight excluding hydrogens is 660 g/mol. The van der Waals surface area contributed by atoms with Gasteiger partial charge in [0.2, 0.25) is 5.67 Å². The van der Waals surface area contributed by atoms with Gasteiger partial charge >= 0.3 is 6.18 Å². The first-order chi connectivity index (χ1) is 19.0. The monoisotopic (exact) mass is 707 g/mol. The number of para-hydroxylation sites is 2. The zero-order valence-corrected chi connectivity index (χ0v) is 27.0. The van der Waals surface area contributed by atoms with Gasteiger partial charge in [0.05, 0.1) is 13.2 Å². The number of aliphatic hydroxyl groups is 2. The summed E-state index contributed by atoms with van der Waals surface area (Å²) in [6.45, 7) is 12.9. The van der Waals surface area contributed by atoms with Crippen LogP contribution in [0.4, 0.5) is 22.0 Å². The summed E-state index contributed by atoms with van der Waals surface area (Å²) in [6, 6.07) is 17.8. The van der Waals surface area contributed by atoms with Crippen molar-refractivity contribution in [2.24, 2.45) is 0 Å². The third-order valence-electron chi connectivity index (χ3n) is 5.45. The molecule has 2 aromatic rings. The van der Waals surface area contributed by atoms with Crippen molar-refractivity contribution >= 4 is 22.6 Å². The highest BCUT2D eigenvalue weighted by Gasteiger charge is 2.52. The van der Waals surface area contributed by atoms with Gasteiger partial charge < -0.3 is 25.0 Å². The molecule has 0 fully saturated rings. The van der Waals surface area contributed by atoms with Crippen molar-refractivity contribution in [3.05, 3.63) is 60.7 Å². The first-order valence-corrected chi connectivity index (χ1v) is 14.7. The second-order valence-electron chi connectivity index (χ2n) is 9.79. The highest BCUT2D eigenvalue weighted by Crippen LogP contribution is 2.38. The van der Waals surface area contributed by atoms with Crippen LogP contribution in [0.25, 0.3) is 0 Å². The lowest BCUT2D eigenvalue weighted by Gasteiger charge is -2.25. The van der Waals surface area contributed by atoms with Crippen molar-refractivity contribution in [3.63, 3.8) is 0 Å². The molecule has 0 bridgehead atoms. The lowest BCUT2D eigenvalue weighted by Crippen LogP contribution is -2.40. The van der Waals surface area contributed by atoms with E-state index in [1.807, 2.05) is 24.3 Å². The highest BCUT2D eigenvalue weighted by atomic mass is 127. The third-order valence-corrected chi connectivity index (χ3v) is 6.29. The number of alkyl halides is 6. The van der Waals surface area contributed by atoms with Gasteiger partial charge in [0.15, 0.2) is 0 Å². The molecule has 11 heteroatoms.